The molecule has 0 saturated heterocycles. The number of ether oxygens (including phenoxy) is 1. The number of hydrogen-bond acceptors (Lipinski definition) is 6. The number of nitrogens with zero attached hydrogens (tertiary/aromatic N) is 2. The van der Waals surface area contributed by atoms with E-state index < -0.39 is 10.0 Å². The zero-order valence-corrected chi connectivity index (χ0v) is 17.8. The van der Waals surface area contributed by atoms with Crippen molar-refractivity contribution in [3.63, 3.8) is 0 Å². The lowest BCUT2D eigenvalue weighted by molar-refractivity contribution is 0.289. The van der Waals surface area contributed by atoms with Crippen LogP contribution < -0.4 is 14.3 Å². The summed E-state index contributed by atoms with van der Waals surface area (Å²) in [6.07, 6.45) is 0. The van der Waals surface area contributed by atoms with Gasteiger partial charge in [0.05, 0.1) is 28.3 Å². The summed E-state index contributed by atoms with van der Waals surface area (Å²) in [5.41, 5.74) is 1.61. The Labute approximate surface area is 168 Å². The van der Waals surface area contributed by atoms with Gasteiger partial charge in [0.2, 0.25) is 10.0 Å². The Bertz CT molecular complexity index is 1150. The minimum Gasteiger partial charge on any atom is -0.496 e. The van der Waals surface area contributed by atoms with E-state index in [1.807, 2.05) is 43.3 Å². The number of rotatable bonds is 7. The third-order valence-corrected chi connectivity index (χ3v) is 7.08. The number of sulfonamides is 1. The zero-order valence-electron chi connectivity index (χ0n) is 16.2. The molecule has 1 heterocycles. The Morgan fingerprint density at radius 1 is 1.21 bits per heavy atom. The SMILES string of the molecule is COc1ccccc1C(CNS(=O)(=O)c1ccc2c(c1)sc(=O)n2C)N(C)C. The van der Waals surface area contributed by atoms with Gasteiger partial charge in [-0.2, -0.15) is 0 Å². The van der Waals surface area contributed by atoms with Crippen LogP contribution in [0.2, 0.25) is 0 Å². The molecule has 0 spiro atoms. The molecule has 0 saturated carbocycles. The standard InChI is InChI=1S/C19H23N3O4S2/c1-21(2)16(14-7-5-6-8-17(14)26-4)12-20-28(24,25)13-9-10-15-18(11-13)27-19(23)22(15)3/h5-11,16,20H,12H2,1-4H3. The predicted molar refractivity (Wildman–Crippen MR) is 112 cm³/mol. The molecule has 0 aliphatic rings. The van der Waals surface area contributed by atoms with E-state index in [1.54, 1.807) is 20.2 Å². The summed E-state index contributed by atoms with van der Waals surface area (Å²) in [5.74, 6) is 0.705. The maximum absolute atomic E-state index is 12.8. The molecule has 1 aromatic heterocycles. The van der Waals surface area contributed by atoms with Crippen molar-refractivity contribution >= 4 is 31.6 Å². The Kier molecular flexibility index (Phi) is 5.90. The Morgan fingerprint density at radius 2 is 1.93 bits per heavy atom. The number of thiazole rings is 1. The smallest absolute Gasteiger partial charge is 0.307 e. The fraction of sp³-hybridized carbons (Fsp3) is 0.316. The first-order valence-electron chi connectivity index (χ1n) is 8.63. The summed E-state index contributed by atoms with van der Waals surface area (Å²) in [6.45, 7) is 0.179. The normalized spacial score (nSPS) is 13.2. The van der Waals surface area contributed by atoms with Crippen LogP contribution in [0.4, 0.5) is 0 Å². The average Bonchev–Trinajstić information content (AvgIpc) is 2.95. The molecule has 0 aliphatic carbocycles. The average molecular weight is 422 g/mol. The highest BCUT2D eigenvalue weighted by Crippen LogP contribution is 2.28. The molecule has 0 bridgehead atoms. The molecule has 0 radical (unpaired) electrons. The lowest BCUT2D eigenvalue weighted by atomic mass is 10.1. The van der Waals surface area contributed by atoms with E-state index >= 15 is 0 Å². The molecule has 2 aromatic carbocycles. The molecule has 3 aromatic rings. The minimum atomic E-state index is -3.73. The highest BCUT2D eigenvalue weighted by molar-refractivity contribution is 7.89. The summed E-state index contributed by atoms with van der Waals surface area (Å²) < 4.78 is 35.9. The number of likely N-dealkylation sites (N-methyl/N-ethyl adjacent to an activating group) is 1. The van der Waals surface area contributed by atoms with Crippen molar-refractivity contribution in [1.82, 2.24) is 14.2 Å². The minimum absolute atomic E-state index is 0.124. The summed E-state index contributed by atoms with van der Waals surface area (Å²) in [7, 11) is 3.30. The number of benzene rings is 2. The third-order valence-electron chi connectivity index (χ3n) is 4.66. The number of para-hydroxylation sites is 1. The van der Waals surface area contributed by atoms with Gasteiger partial charge in [0.1, 0.15) is 5.75 Å². The van der Waals surface area contributed by atoms with E-state index in [-0.39, 0.29) is 22.4 Å². The van der Waals surface area contributed by atoms with Gasteiger partial charge in [-0.15, -0.1) is 0 Å². The molecule has 1 unspecified atom stereocenters. The van der Waals surface area contributed by atoms with E-state index in [1.165, 1.54) is 16.7 Å². The van der Waals surface area contributed by atoms with E-state index in [2.05, 4.69) is 4.72 Å². The van der Waals surface area contributed by atoms with Crippen LogP contribution in [0.1, 0.15) is 11.6 Å². The second-order valence-electron chi connectivity index (χ2n) is 6.63. The highest BCUT2D eigenvalue weighted by Gasteiger charge is 2.22. The van der Waals surface area contributed by atoms with Crippen LogP contribution in [0.25, 0.3) is 10.2 Å². The largest absolute Gasteiger partial charge is 0.496 e. The zero-order chi connectivity index (χ0) is 20.5. The van der Waals surface area contributed by atoms with Crippen molar-refractivity contribution in [2.24, 2.45) is 7.05 Å². The maximum Gasteiger partial charge on any atom is 0.307 e. The van der Waals surface area contributed by atoms with Gasteiger partial charge in [-0.1, -0.05) is 29.5 Å². The van der Waals surface area contributed by atoms with Gasteiger partial charge in [0, 0.05) is 19.2 Å². The van der Waals surface area contributed by atoms with Crippen molar-refractivity contribution in [3.05, 3.63) is 57.7 Å². The second-order valence-corrected chi connectivity index (χ2v) is 9.39. The number of nitrogens with one attached hydrogen (secondary N) is 1. The van der Waals surface area contributed by atoms with Crippen molar-refractivity contribution in [3.8, 4) is 5.75 Å². The highest BCUT2D eigenvalue weighted by atomic mass is 32.2. The van der Waals surface area contributed by atoms with Crippen LogP contribution in [0, 0.1) is 0 Å². The van der Waals surface area contributed by atoms with Gasteiger partial charge in [-0.25, -0.2) is 13.1 Å². The van der Waals surface area contributed by atoms with Crippen LogP contribution in [0.15, 0.2) is 52.2 Å². The van der Waals surface area contributed by atoms with E-state index in [9.17, 15) is 13.2 Å². The Balaban J connectivity index is 1.88. The summed E-state index contributed by atoms with van der Waals surface area (Å²) >= 11 is 1.03. The first kappa shape index (κ1) is 20.5. The van der Waals surface area contributed by atoms with Gasteiger partial charge in [-0.3, -0.25) is 4.79 Å². The van der Waals surface area contributed by atoms with E-state index in [4.69, 9.17) is 4.74 Å². The summed E-state index contributed by atoms with van der Waals surface area (Å²) in [4.78, 5) is 13.8. The number of methoxy groups -OCH3 is 1. The molecule has 28 heavy (non-hydrogen) atoms. The van der Waals surface area contributed by atoms with Crippen LogP contribution in [-0.4, -0.2) is 45.6 Å². The molecule has 0 aliphatic heterocycles. The van der Waals surface area contributed by atoms with Crippen molar-refractivity contribution in [2.75, 3.05) is 27.7 Å². The van der Waals surface area contributed by atoms with Gasteiger partial charge in [-0.05, 0) is 38.4 Å². The third kappa shape index (κ3) is 3.97. The van der Waals surface area contributed by atoms with Crippen LogP contribution >= 0.6 is 11.3 Å². The lowest BCUT2D eigenvalue weighted by Crippen LogP contribution is -2.34. The molecule has 7 nitrogen and oxygen atoms in total. The number of aromatic nitrogens is 1. The number of hydrogen-bond donors (Lipinski definition) is 1. The molecule has 0 fully saturated rings. The van der Waals surface area contributed by atoms with E-state index in [0.717, 1.165) is 16.9 Å². The number of fused-ring (bicyclic) bond motifs is 1. The predicted octanol–water partition coefficient (Wildman–Crippen LogP) is 2.19. The molecular formula is C19H23N3O4S2. The Morgan fingerprint density at radius 3 is 2.61 bits per heavy atom. The fourth-order valence-corrected chi connectivity index (χ4v) is 5.12. The van der Waals surface area contributed by atoms with Crippen LogP contribution in [0.5, 0.6) is 5.75 Å². The molecule has 1 atom stereocenters. The van der Waals surface area contributed by atoms with Crippen molar-refractivity contribution in [2.45, 2.75) is 10.9 Å². The van der Waals surface area contributed by atoms with Gasteiger partial charge >= 0.3 is 4.87 Å². The monoisotopic (exact) mass is 421 g/mol. The lowest BCUT2D eigenvalue weighted by Gasteiger charge is -2.26. The molecular weight excluding hydrogens is 398 g/mol. The van der Waals surface area contributed by atoms with Crippen molar-refractivity contribution < 1.29 is 13.2 Å². The number of aryl methyl sites for hydroxylation is 1. The second kappa shape index (κ2) is 8.04. The summed E-state index contributed by atoms with van der Waals surface area (Å²) in [5, 5.41) is 0. The van der Waals surface area contributed by atoms with Crippen molar-refractivity contribution in [1.29, 1.82) is 0 Å². The molecule has 9 heteroatoms. The van der Waals surface area contributed by atoms with Gasteiger partial charge < -0.3 is 14.2 Å². The fourth-order valence-electron chi connectivity index (χ4n) is 3.07. The van der Waals surface area contributed by atoms with Gasteiger partial charge in [0.25, 0.3) is 0 Å². The first-order chi connectivity index (χ1) is 13.2. The molecule has 3 rings (SSSR count). The van der Waals surface area contributed by atoms with Crippen LogP contribution in [0.3, 0.4) is 0 Å². The molecule has 0 amide bonds. The van der Waals surface area contributed by atoms with Gasteiger partial charge in [0.15, 0.2) is 0 Å². The maximum atomic E-state index is 12.8. The molecule has 150 valence electrons. The Hall–Kier alpha value is -2.20. The summed E-state index contributed by atoms with van der Waals surface area (Å²) in [6, 6.07) is 12.1. The topological polar surface area (TPSA) is 80.6 Å². The van der Waals surface area contributed by atoms with Crippen LogP contribution in [-0.2, 0) is 17.1 Å². The quantitative estimate of drug-likeness (QED) is 0.633. The first-order valence-corrected chi connectivity index (χ1v) is 10.9. The van der Waals surface area contributed by atoms with E-state index in [0.29, 0.717) is 16.0 Å². The molecule has 1 N–H and O–H groups in total.